The van der Waals surface area contributed by atoms with Gasteiger partial charge in [-0.3, -0.25) is 9.69 Å². The second-order valence-electron chi connectivity index (χ2n) is 7.36. The fraction of sp³-hybridized carbons (Fsp3) is 0.261. The normalized spacial score (nSPS) is 14.2. The summed E-state index contributed by atoms with van der Waals surface area (Å²) in [6, 6.07) is 13.5. The van der Waals surface area contributed by atoms with E-state index in [0.717, 1.165) is 55.4 Å². The molecule has 3 aromatic rings. The standard InChI is InChI=1S/C23H25N5O3/c1-3-23(29)24-19-6-4-5-18(14-19)20-12-17(15-28-7-9-30-10-8-28)13-21(25-20)26-22-11-16(2)31-27-22/h3-6,11-14H,1,7-10,15H2,2H3,(H,24,29)(H,25,26,27). The van der Waals surface area contributed by atoms with Crippen molar-refractivity contribution in [1.29, 1.82) is 0 Å². The van der Waals surface area contributed by atoms with E-state index in [9.17, 15) is 4.79 Å². The number of carbonyl (C=O) groups is 1. The van der Waals surface area contributed by atoms with Gasteiger partial charge in [-0.15, -0.1) is 0 Å². The largest absolute Gasteiger partial charge is 0.379 e. The van der Waals surface area contributed by atoms with Gasteiger partial charge in [0, 0.05) is 37.0 Å². The molecule has 1 amide bonds. The maximum Gasteiger partial charge on any atom is 0.247 e. The van der Waals surface area contributed by atoms with Crippen molar-refractivity contribution in [1.82, 2.24) is 15.0 Å². The van der Waals surface area contributed by atoms with E-state index in [1.165, 1.54) is 6.08 Å². The predicted octanol–water partition coefficient (Wildman–Crippen LogP) is 3.75. The van der Waals surface area contributed by atoms with Gasteiger partial charge in [-0.25, -0.2) is 4.98 Å². The number of aryl methyl sites for hydroxylation is 1. The molecule has 0 saturated carbocycles. The van der Waals surface area contributed by atoms with Gasteiger partial charge in [0.25, 0.3) is 0 Å². The van der Waals surface area contributed by atoms with E-state index in [4.69, 9.17) is 14.2 Å². The number of pyridine rings is 1. The molecule has 8 nitrogen and oxygen atoms in total. The van der Waals surface area contributed by atoms with E-state index in [1.807, 2.05) is 43.3 Å². The van der Waals surface area contributed by atoms with Crippen LogP contribution >= 0.6 is 0 Å². The first kappa shape index (κ1) is 20.8. The molecule has 1 aliphatic rings. The SMILES string of the molecule is C=CC(=O)Nc1cccc(-c2cc(CN3CCOCC3)cc(Nc3cc(C)on3)n2)c1. The van der Waals surface area contributed by atoms with Crippen molar-refractivity contribution in [3.63, 3.8) is 0 Å². The number of hydrogen-bond acceptors (Lipinski definition) is 7. The van der Waals surface area contributed by atoms with Gasteiger partial charge in [0.15, 0.2) is 5.82 Å². The molecule has 4 rings (SSSR count). The minimum atomic E-state index is -0.255. The number of amides is 1. The van der Waals surface area contributed by atoms with Gasteiger partial charge in [0.05, 0.1) is 18.9 Å². The highest BCUT2D eigenvalue weighted by atomic mass is 16.5. The van der Waals surface area contributed by atoms with Crippen molar-refractivity contribution in [2.24, 2.45) is 0 Å². The third-order valence-electron chi connectivity index (χ3n) is 4.89. The van der Waals surface area contributed by atoms with Crippen LogP contribution in [0.1, 0.15) is 11.3 Å². The third-order valence-corrected chi connectivity index (χ3v) is 4.89. The topological polar surface area (TPSA) is 92.5 Å². The number of carbonyl (C=O) groups excluding carboxylic acids is 1. The Hall–Kier alpha value is -3.49. The zero-order chi connectivity index (χ0) is 21.6. The molecule has 0 bridgehead atoms. The minimum Gasteiger partial charge on any atom is -0.379 e. The molecule has 1 aliphatic heterocycles. The van der Waals surface area contributed by atoms with Gasteiger partial charge < -0.3 is 19.9 Å². The molecule has 0 unspecified atom stereocenters. The van der Waals surface area contributed by atoms with E-state index in [1.54, 1.807) is 0 Å². The quantitative estimate of drug-likeness (QED) is 0.564. The summed E-state index contributed by atoms with van der Waals surface area (Å²) in [5.74, 6) is 1.74. The second kappa shape index (κ2) is 9.55. The number of nitrogens with zero attached hydrogens (tertiary/aromatic N) is 3. The molecule has 0 spiro atoms. The molecule has 1 fully saturated rings. The Morgan fingerprint density at radius 1 is 1.19 bits per heavy atom. The zero-order valence-corrected chi connectivity index (χ0v) is 17.4. The Morgan fingerprint density at radius 3 is 2.77 bits per heavy atom. The maximum absolute atomic E-state index is 11.7. The molecule has 0 aliphatic carbocycles. The lowest BCUT2D eigenvalue weighted by molar-refractivity contribution is -0.111. The summed E-state index contributed by atoms with van der Waals surface area (Å²) in [5.41, 5.74) is 3.49. The molecule has 2 N–H and O–H groups in total. The van der Waals surface area contributed by atoms with Crippen molar-refractivity contribution in [3.05, 3.63) is 66.4 Å². The molecule has 2 aromatic heterocycles. The Kier molecular flexibility index (Phi) is 6.40. The summed E-state index contributed by atoms with van der Waals surface area (Å²) in [5, 5.41) is 10.0. The average Bonchev–Trinajstić information content (AvgIpc) is 3.19. The predicted molar refractivity (Wildman–Crippen MR) is 119 cm³/mol. The Morgan fingerprint density at radius 2 is 2.03 bits per heavy atom. The van der Waals surface area contributed by atoms with Gasteiger partial charge in [-0.05, 0) is 42.8 Å². The van der Waals surface area contributed by atoms with E-state index in [-0.39, 0.29) is 5.91 Å². The lowest BCUT2D eigenvalue weighted by atomic mass is 10.1. The first-order valence-electron chi connectivity index (χ1n) is 10.1. The molecular weight excluding hydrogens is 394 g/mol. The van der Waals surface area contributed by atoms with Gasteiger partial charge in [0.1, 0.15) is 11.6 Å². The summed E-state index contributed by atoms with van der Waals surface area (Å²) < 4.78 is 10.6. The van der Waals surface area contributed by atoms with Crippen LogP contribution in [0.15, 0.2) is 59.6 Å². The number of hydrogen-bond donors (Lipinski definition) is 2. The number of rotatable bonds is 7. The lowest BCUT2D eigenvalue weighted by Crippen LogP contribution is -2.35. The minimum absolute atomic E-state index is 0.255. The first-order valence-corrected chi connectivity index (χ1v) is 10.1. The summed E-state index contributed by atoms with van der Waals surface area (Å²) in [7, 11) is 0. The van der Waals surface area contributed by atoms with Crippen LogP contribution < -0.4 is 10.6 Å². The molecule has 1 aromatic carbocycles. The zero-order valence-electron chi connectivity index (χ0n) is 17.4. The highest BCUT2D eigenvalue weighted by Crippen LogP contribution is 2.26. The monoisotopic (exact) mass is 419 g/mol. The van der Waals surface area contributed by atoms with Crippen LogP contribution in [0.2, 0.25) is 0 Å². The van der Waals surface area contributed by atoms with Crippen molar-refractivity contribution in [2.45, 2.75) is 13.5 Å². The molecule has 3 heterocycles. The molecule has 31 heavy (non-hydrogen) atoms. The van der Waals surface area contributed by atoms with Crippen LogP contribution in [-0.2, 0) is 16.1 Å². The lowest BCUT2D eigenvalue weighted by Gasteiger charge is -2.26. The van der Waals surface area contributed by atoms with Gasteiger partial charge in [-0.1, -0.05) is 23.9 Å². The molecule has 0 radical (unpaired) electrons. The van der Waals surface area contributed by atoms with E-state index in [2.05, 4.69) is 33.3 Å². The fourth-order valence-corrected chi connectivity index (χ4v) is 3.41. The molecule has 0 atom stereocenters. The maximum atomic E-state index is 11.7. The third kappa shape index (κ3) is 5.56. The van der Waals surface area contributed by atoms with Crippen molar-refractivity contribution in [3.8, 4) is 11.3 Å². The second-order valence-corrected chi connectivity index (χ2v) is 7.36. The average molecular weight is 419 g/mol. The Balaban J connectivity index is 1.65. The van der Waals surface area contributed by atoms with Crippen LogP contribution in [0.3, 0.4) is 0 Å². The number of benzene rings is 1. The summed E-state index contributed by atoms with van der Waals surface area (Å²) in [4.78, 5) is 18.8. The van der Waals surface area contributed by atoms with Gasteiger partial charge in [0.2, 0.25) is 5.91 Å². The van der Waals surface area contributed by atoms with E-state index in [0.29, 0.717) is 17.3 Å². The van der Waals surface area contributed by atoms with Crippen molar-refractivity contribution < 1.29 is 14.1 Å². The number of anilines is 3. The molecule has 8 heteroatoms. The van der Waals surface area contributed by atoms with Crippen molar-refractivity contribution >= 4 is 23.2 Å². The number of morpholine rings is 1. The van der Waals surface area contributed by atoms with Crippen LogP contribution in [0.5, 0.6) is 0 Å². The highest BCUT2D eigenvalue weighted by molar-refractivity contribution is 5.99. The number of aromatic nitrogens is 2. The van der Waals surface area contributed by atoms with E-state index < -0.39 is 0 Å². The molecule has 1 saturated heterocycles. The van der Waals surface area contributed by atoms with Gasteiger partial charge >= 0.3 is 0 Å². The Bertz CT molecular complexity index is 1070. The highest BCUT2D eigenvalue weighted by Gasteiger charge is 2.14. The van der Waals surface area contributed by atoms with Gasteiger partial charge in [-0.2, -0.15) is 0 Å². The number of nitrogens with one attached hydrogen (secondary N) is 2. The summed E-state index contributed by atoms with van der Waals surface area (Å²) in [6.07, 6.45) is 1.25. The van der Waals surface area contributed by atoms with Crippen molar-refractivity contribution in [2.75, 3.05) is 36.9 Å². The summed E-state index contributed by atoms with van der Waals surface area (Å²) >= 11 is 0. The Labute approximate surface area is 180 Å². The van der Waals surface area contributed by atoms with Crippen LogP contribution in [-0.4, -0.2) is 47.3 Å². The molecular formula is C23H25N5O3. The van der Waals surface area contributed by atoms with Crippen LogP contribution in [0.4, 0.5) is 17.3 Å². The smallest absolute Gasteiger partial charge is 0.247 e. The number of ether oxygens (including phenoxy) is 1. The first-order chi connectivity index (χ1) is 15.1. The van der Waals surface area contributed by atoms with Crippen LogP contribution in [0, 0.1) is 6.92 Å². The van der Waals surface area contributed by atoms with E-state index >= 15 is 0 Å². The fourth-order valence-electron chi connectivity index (χ4n) is 3.41. The van der Waals surface area contributed by atoms with Crippen LogP contribution in [0.25, 0.3) is 11.3 Å². The molecule has 160 valence electrons. The summed E-state index contributed by atoms with van der Waals surface area (Å²) in [6.45, 7) is 9.40.